The molecule has 1 aliphatic heterocycles. The molecule has 0 amide bonds. The van der Waals surface area contributed by atoms with Gasteiger partial charge in [0.2, 0.25) is 0 Å². The van der Waals surface area contributed by atoms with Gasteiger partial charge in [-0.15, -0.1) is 0 Å². The van der Waals surface area contributed by atoms with Crippen LogP contribution in [0.3, 0.4) is 0 Å². The highest BCUT2D eigenvalue weighted by Crippen LogP contribution is 2.33. The van der Waals surface area contributed by atoms with Crippen molar-refractivity contribution in [2.24, 2.45) is 0 Å². The van der Waals surface area contributed by atoms with Gasteiger partial charge in [0.25, 0.3) is 0 Å². The van der Waals surface area contributed by atoms with E-state index in [0.29, 0.717) is 18.9 Å². The highest BCUT2D eigenvalue weighted by molar-refractivity contribution is 5.85. The van der Waals surface area contributed by atoms with Crippen LogP contribution in [0.4, 0.5) is 0 Å². The molecule has 4 rings (SSSR count). The second kappa shape index (κ2) is 6.26. The molecule has 0 atom stereocenters. The first-order chi connectivity index (χ1) is 12.1. The van der Waals surface area contributed by atoms with Crippen molar-refractivity contribution >= 4 is 11.0 Å². The van der Waals surface area contributed by atoms with Crippen LogP contribution in [0, 0.1) is 6.92 Å². The molecule has 0 spiro atoms. The summed E-state index contributed by atoms with van der Waals surface area (Å²) >= 11 is 0. The van der Waals surface area contributed by atoms with Crippen molar-refractivity contribution in [3.05, 3.63) is 69.6 Å². The van der Waals surface area contributed by atoms with Crippen LogP contribution >= 0.6 is 0 Å². The molecule has 128 valence electrons. The minimum Gasteiger partial charge on any atom is -0.497 e. The van der Waals surface area contributed by atoms with Gasteiger partial charge in [-0.2, -0.15) is 0 Å². The average molecular weight is 337 g/mol. The first-order valence-corrected chi connectivity index (χ1v) is 8.18. The molecule has 1 aromatic heterocycles. The number of hydrogen-bond donors (Lipinski definition) is 0. The molecule has 0 N–H and O–H groups in total. The highest BCUT2D eigenvalue weighted by Gasteiger charge is 2.22. The number of fused-ring (bicyclic) bond motifs is 3. The topological polar surface area (TPSA) is 51.9 Å². The van der Waals surface area contributed by atoms with Gasteiger partial charge >= 0.3 is 5.63 Å². The van der Waals surface area contributed by atoms with E-state index in [1.807, 2.05) is 43.3 Å². The molecule has 0 unspecified atom stereocenters. The van der Waals surface area contributed by atoms with E-state index >= 15 is 0 Å². The van der Waals surface area contributed by atoms with Crippen molar-refractivity contribution in [3.8, 4) is 11.5 Å². The van der Waals surface area contributed by atoms with E-state index in [-0.39, 0.29) is 5.63 Å². The predicted molar refractivity (Wildman–Crippen MR) is 95.0 cm³/mol. The van der Waals surface area contributed by atoms with Crippen molar-refractivity contribution in [1.29, 1.82) is 0 Å². The van der Waals surface area contributed by atoms with Crippen LogP contribution in [0.5, 0.6) is 11.5 Å². The molecule has 5 nitrogen and oxygen atoms in total. The number of methoxy groups -OCH3 is 1. The molecule has 25 heavy (non-hydrogen) atoms. The summed E-state index contributed by atoms with van der Waals surface area (Å²) in [5.41, 5.74) is 3.32. The normalized spacial score (nSPS) is 14.2. The summed E-state index contributed by atoms with van der Waals surface area (Å²) in [7, 11) is 1.66. The summed E-state index contributed by atoms with van der Waals surface area (Å²) < 4.78 is 16.6. The summed E-state index contributed by atoms with van der Waals surface area (Å²) in [5.74, 6) is 1.62. The molecule has 3 aromatic rings. The van der Waals surface area contributed by atoms with Gasteiger partial charge in [-0.1, -0.05) is 12.1 Å². The maximum absolute atomic E-state index is 11.8. The molecule has 0 bridgehead atoms. The number of hydrogen-bond acceptors (Lipinski definition) is 5. The van der Waals surface area contributed by atoms with Gasteiger partial charge in [-0.25, -0.2) is 4.79 Å². The van der Waals surface area contributed by atoms with Gasteiger partial charge in [0.1, 0.15) is 23.8 Å². The molecule has 2 aromatic carbocycles. The molecule has 1 aliphatic rings. The van der Waals surface area contributed by atoms with E-state index in [1.165, 1.54) is 11.6 Å². The van der Waals surface area contributed by atoms with Gasteiger partial charge < -0.3 is 13.9 Å². The zero-order valence-corrected chi connectivity index (χ0v) is 14.2. The lowest BCUT2D eigenvalue weighted by Gasteiger charge is -2.29. The Kier molecular flexibility index (Phi) is 3.93. The van der Waals surface area contributed by atoms with Crippen molar-refractivity contribution in [2.45, 2.75) is 20.0 Å². The fraction of sp³-hybridized carbons (Fsp3) is 0.250. The van der Waals surface area contributed by atoms with Crippen molar-refractivity contribution in [3.63, 3.8) is 0 Å². The second-order valence-corrected chi connectivity index (χ2v) is 6.28. The van der Waals surface area contributed by atoms with E-state index in [2.05, 4.69) is 4.90 Å². The maximum atomic E-state index is 11.8. The van der Waals surface area contributed by atoms with Crippen LogP contribution in [0.2, 0.25) is 0 Å². The first kappa shape index (κ1) is 15.7. The van der Waals surface area contributed by atoms with Crippen LogP contribution in [0.1, 0.15) is 16.7 Å². The van der Waals surface area contributed by atoms with E-state index < -0.39 is 0 Å². The minimum absolute atomic E-state index is 0.328. The number of rotatable bonds is 3. The van der Waals surface area contributed by atoms with Gasteiger partial charge in [0.05, 0.1) is 12.7 Å². The van der Waals surface area contributed by atoms with Gasteiger partial charge in [0, 0.05) is 24.5 Å². The van der Waals surface area contributed by atoms with Crippen molar-refractivity contribution in [2.75, 3.05) is 13.8 Å². The van der Waals surface area contributed by atoms with E-state index in [0.717, 1.165) is 34.6 Å². The fourth-order valence-electron chi connectivity index (χ4n) is 3.23. The Bertz CT molecular complexity index is 975. The Morgan fingerprint density at radius 2 is 1.96 bits per heavy atom. The molecular formula is C20H19NO4. The predicted octanol–water partition coefficient (Wildman–Crippen LogP) is 3.46. The lowest BCUT2D eigenvalue weighted by molar-refractivity contribution is 0.0889. The Morgan fingerprint density at radius 1 is 1.16 bits per heavy atom. The monoisotopic (exact) mass is 337 g/mol. The SMILES string of the molecule is COc1ccc(CN2COc3ccc4c(C)cc(=O)oc4c3C2)cc1. The first-order valence-electron chi connectivity index (χ1n) is 8.18. The third-order valence-electron chi connectivity index (χ3n) is 4.53. The van der Waals surface area contributed by atoms with Crippen LogP contribution in [0.15, 0.2) is 51.7 Å². The fourth-order valence-corrected chi connectivity index (χ4v) is 3.23. The highest BCUT2D eigenvalue weighted by atomic mass is 16.5. The third-order valence-corrected chi connectivity index (χ3v) is 4.53. The van der Waals surface area contributed by atoms with Crippen LogP contribution in [-0.4, -0.2) is 18.7 Å². The molecule has 0 saturated carbocycles. The Labute approximate surface area is 145 Å². The third kappa shape index (κ3) is 2.98. The Morgan fingerprint density at radius 3 is 2.72 bits per heavy atom. The molecule has 0 radical (unpaired) electrons. The number of benzene rings is 2. The summed E-state index contributed by atoms with van der Waals surface area (Å²) in [5, 5.41) is 0.952. The molecule has 2 heterocycles. The minimum atomic E-state index is -0.328. The summed E-state index contributed by atoms with van der Waals surface area (Å²) in [6, 6.07) is 13.4. The standard InChI is InChI=1S/C20H19NO4/c1-13-9-19(22)25-20-16(13)7-8-18-17(20)11-21(12-24-18)10-14-3-5-15(23-2)6-4-14/h3-9H,10-12H2,1-2H3. The van der Waals surface area contributed by atoms with E-state index in [1.54, 1.807) is 7.11 Å². The van der Waals surface area contributed by atoms with Crippen molar-refractivity contribution in [1.82, 2.24) is 4.90 Å². The summed E-state index contributed by atoms with van der Waals surface area (Å²) in [4.78, 5) is 14.0. The zero-order valence-electron chi connectivity index (χ0n) is 14.2. The summed E-state index contributed by atoms with van der Waals surface area (Å²) in [6.07, 6.45) is 0. The van der Waals surface area contributed by atoms with Crippen LogP contribution in [0.25, 0.3) is 11.0 Å². The van der Waals surface area contributed by atoms with Gasteiger partial charge in [0.15, 0.2) is 0 Å². The van der Waals surface area contributed by atoms with Gasteiger partial charge in [-0.05, 0) is 42.3 Å². The smallest absolute Gasteiger partial charge is 0.336 e. The average Bonchev–Trinajstić information content (AvgIpc) is 2.62. The number of nitrogens with zero attached hydrogens (tertiary/aromatic N) is 1. The van der Waals surface area contributed by atoms with Crippen molar-refractivity contribution < 1.29 is 13.9 Å². The Hall–Kier alpha value is -2.79. The van der Waals surface area contributed by atoms with E-state index in [9.17, 15) is 4.79 Å². The molecule has 0 saturated heterocycles. The largest absolute Gasteiger partial charge is 0.497 e. The molecule has 5 heteroatoms. The molecule has 0 fully saturated rings. The van der Waals surface area contributed by atoms with Gasteiger partial charge in [-0.3, -0.25) is 4.90 Å². The lowest BCUT2D eigenvalue weighted by atomic mass is 10.0. The quantitative estimate of drug-likeness (QED) is 0.685. The maximum Gasteiger partial charge on any atom is 0.336 e. The molecule has 0 aliphatic carbocycles. The van der Waals surface area contributed by atoms with Crippen LogP contribution in [-0.2, 0) is 13.1 Å². The lowest BCUT2D eigenvalue weighted by Crippen LogP contribution is -2.31. The second-order valence-electron chi connectivity index (χ2n) is 6.28. The summed E-state index contributed by atoms with van der Waals surface area (Å²) in [6.45, 7) is 3.84. The number of ether oxygens (including phenoxy) is 2. The molecular weight excluding hydrogens is 318 g/mol. The van der Waals surface area contributed by atoms with E-state index in [4.69, 9.17) is 13.9 Å². The Balaban J connectivity index is 1.65. The van der Waals surface area contributed by atoms with Crippen LogP contribution < -0.4 is 15.1 Å². The number of aryl methyl sites for hydroxylation is 1. The zero-order chi connectivity index (χ0) is 17.4.